The Hall–Kier alpha value is 0.884. The number of aliphatic hydroxyl groups excluding tert-OH is 1. The van der Waals surface area contributed by atoms with Gasteiger partial charge >= 0.3 is 21.7 Å². The predicted molar refractivity (Wildman–Crippen MR) is 191 cm³/mol. The van der Waals surface area contributed by atoms with Crippen LogP contribution < -0.4 is 12.4 Å². The average Bonchev–Trinajstić information content (AvgIpc) is 2.99. The van der Waals surface area contributed by atoms with Gasteiger partial charge in [-0.15, -0.1) is 26.2 Å². The van der Waals surface area contributed by atoms with Crippen LogP contribution in [-0.2, 0) is 21.7 Å². The van der Waals surface area contributed by atoms with Crippen molar-refractivity contribution < 1.29 is 39.2 Å². The minimum Gasteiger partial charge on any atom is -1.00 e. The summed E-state index contributed by atoms with van der Waals surface area (Å²) in [5.41, 5.74) is 0. The van der Waals surface area contributed by atoms with E-state index in [0.717, 1.165) is 32.6 Å². The summed E-state index contributed by atoms with van der Waals surface area (Å²) < 4.78 is 0. The molecule has 43 heavy (non-hydrogen) atoms. The van der Waals surface area contributed by atoms with E-state index in [4.69, 9.17) is 5.11 Å². The van der Waals surface area contributed by atoms with Gasteiger partial charge in [-0.25, -0.2) is 0 Å². The van der Waals surface area contributed by atoms with Gasteiger partial charge in [0.1, 0.15) is 0 Å². The third-order valence-electron chi connectivity index (χ3n) is 7.69. The van der Waals surface area contributed by atoms with Crippen LogP contribution in [0.5, 0.6) is 0 Å². The molecule has 0 bridgehead atoms. The Kier molecular flexibility index (Phi) is 72.5. The molecule has 0 aliphatic carbocycles. The molecule has 0 heterocycles. The fraction of sp³-hybridized carbons (Fsp3) is 1.00. The van der Waals surface area contributed by atoms with E-state index in [1.807, 2.05) is 0 Å². The van der Waals surface area contributed by atoms with Crippen LogP contribution in [-0.4, -0.2) is 37.9 Å². The van der Waals surface area contributed by atoms with Crippen molar-refractivity contribution in [3.8, 4) is 0 Å². The van der Waals surface area contributed by atoms with Gasteiger partial charge in [-0.2, -0.15) is 0 Å². The number of hydrogen-bond acceptors (Lipinski definition) is 1. The summed E-state index contributed by atoms with van der Waals surface area (Å²) >= 11 is 0. The van der Waals surface area contributed by atoms with Crippen molar-refractivity contribution in [2.24, 2.45) is 0 Å². The number of nitrogens with zero attached hydrogens (tertiary/aromatic N) is 2. The Balaban J connectivity index is -0.000000177. The van der Waals surface area contributed by atoms with E-state index in [2.05, 4.69) is 45.3 Å². The number of halogens is 1. The van der Waals surface area contributed by atoms with Crippen LogP contribution in [0.15, 0.2) is 0 Å². The van der Waals surface area contributed by atoms with E-state index >= 15 is 0 Å². The molecule has 3 nitrogen and oxygen atoms in total. The smallest absolute Gasteiger partial charge is 1.00 e. The number of unbranched alkanes of at least 4 members (excludes halogenated alkanes) is 23. The zero-order valence-corrected chi connectivity index (χ0v) is 32.9. The first-order valence-electron chi connectivity index (χ1n) is 19.1. The van der Waals surface area contributed by atoms with Gasteiger partial charge < -0.3 is 28.1 Å². The van der Waals surface area contributed by atoms with Crippen molar-refractivity contribution >= 4 is 0 Å². The van der Waals surface area contributed by atoms with Crippen LogP contribution in [0.4, 0.5) is 0 Å². The van der Waals surface area contributed by atoms with Gasteiger partial charge in [0.05, 0.1) is 0 Å². The van der Waals surface area contributed by atoms with E-state index in [9.17, 15) is 0 Å². The third kappa shape index (κ3) is 66.3. The first-order chi connectivity index (χ1) is 20.2. The van der Waals surface area contributed by atoms with Crippen molar-refractivity contribution in [2.75, 3.05) is 32.8 Å². The minimum absolute atomic E-state index is 0. The zero-order chi connectivity index (χ0) is 30.7. The van der Waals surface area contributed by atoms with Crippen LogP contribution in [0, 0.1) is 0 Å². The van der Waals surface area contributed by atoms with Gasteiger partial charge in [0.15, 0.2) is 0 Å². The van der Waals surface area contributed by atoms with Gasteiger partial charge in [0.25, 0.3) is 0 Å². The molecule has 0 amide bonds. The molecule has 0 unspecified atom stereocenters. The van der Waals surface area contributed by atoms with E-state index in [-0.39, 0.29) is 34.1 Å². The van der Waals surface area contributed by atoms with Crippen LogP contribution in [0.2, 0.25) is 0 Å². The summed E-state index contributed by atoms with van der Waals surface area (Å²) in [4.78, 5) is 0. The number of aliphatic hydroxyl groups is 1. The SMILES string of the molecule is CCCCCCCC[N-]CCCCCCCC.CCCCCCCC[N-]CCCCCCCC.CCCCCCO.[Cl-].[Ti+2]. The first-order valence-corrected chi connectivity index (χ1v) is 19.1. The van der Waals surface area contributed by atoms with E-state index in [1.54, 1.807) is 0 Å². The molecule has 0 aromatic rings. The Morgan fingerprint density at radius 3 is 0.698 bits per heavy atom. The molecular formula is C38H82ClN2OTi-. The number of hydrogen-bond donors (Lipinski definition) is 1. The minimum atomic E-state index is 0. The molecule has 0 atom stereocenters. The van der Waals surface area contributed by atoms with Gasteiger partial charge in [-0.3, -0.25) is 0 Å². The van der Waals surface area contributed by atoms with Crippen molar-refractivity contribution in [1.82, 2.24) is 0 Å². The Morgan fingerprint density at radius 2 is 0.488 bits per heavy atom. The van der Waals surface area contributed by atoms with E-state index < -0.39 is 0 Å². The normalized spacial score (nSPS) is 10.2. The summed E-state index contributed by atoms with van der Waals surface area (Å²) in [6.07, 6.45) is 37.9. The van der Waals surface area contributed by atoms with E-state index in [0.29, 0.717) is 6.61 Å². The second-order valence-electron chi connectivity index (χ2n) is 12.2. The maximum Gasteiger partial charge on any atom is 2.00 e. The third-order valence-corrected chi connectivity index (χ3v) is 7.69. The molecule has 0 radical (unpaired) electrons. The predicted octanol–water partition coefficient (Wildman–Crippen LogP) is 10.7. The molecule has 0 rings (SSSR count). The first kappa shape index (κ1) is 53.4. The summed E-state index contributed by atoms with van der Waals surface area (Å²) in [5.74, 6) is 0. The maximum atomic E-state index is 8.29. The molecular weight excluding hydrogens is 584 g/mol. The molecule has 1 N–H and O–H groups in total. The monoisotopic (exact) mass is 666 g/mol. The van der Waals surface area contributed by atoms with Gasteiger partial charge in [0.2, 0.25) is 0 Å². The second kappa shape index (κ2) is 58.4. The molecule has 0 aromatic heterocycles. The van der Waals surface area contributed by atoms with Gasteiger partial charge in [-0.05, 0) is 6.42 Å². The fourth-order valence-electron chi connectivity index (χ4n) is 4.78. The molecule has 0 aliphatic heterocycles. The zero-order valence-electron chi connectivity index (χ0n) is 30.6. The molecule has 0 aromatic carbocycles. The quantitative estimate of drug-likeness (QED) is 0.0564. The molecule has 0 fully saturated rings. The summed E-state index contributed by atoms with van der Waals surface area (Å²) in [6, 6.07) is 0. The Morgan fingerprint density at radius 1 is 0.302 bits per heavy atom. The standard InChI is InChI=1S/2C16H34N.C6H14O.ClH.Ti/c2*1-3-5-7-9-11-13-15-17-16-14-12-10-8-6-4-2;1-2-3-4-5-6-7;;/h2*3-16H2,1-2H3;7H,2-6H2,1H3;1H;/q2*-1;;;+2/p-1. The Labute approximate surface area is 295 Å². The Bertz CT molecular complexity index is 329. The van der Waals surface area contributed by atoms with E-state index in [1.165, 1.54) is 173 Å². The fourth-order valence-corrected chi connectivity index (χ4v) is 4.78. The largest absolute Gasteiger partial charge is 2.00 e. The van der Waals surface area contributed by atoms with Gasteiger partial charge in [-0.1, -0.05) is 208 Å². The summed E-state index contributed by atoms with van der Waals surface area (Å²) in [5, 5.41) is 17.5. The molecule has 5 heteroatoms. The maximum absolute atomic E-state index is 8.29. The summed E-state index contributed by atoms with van der Waals surface area (Å²) in [6.45, 7) is 16.1. The average molecular weight is 666 g/mol. The van der Waals surface area contributed by atoms with Crippen LogP contribution in [0.1, 0.15) is 214 Å². The van der Waals surface area contributed by atoms with Crippen LogP contribution >= 0.6 is 0 Å². The van der Waals surface area contributed by atoms with Crippen molar-refractivity contribution in [1.29, 1.82) is 0 Å². The van der Waals surface area contributed by atoms with Crippen LogP contribution in [0.3, 0.4) is 0 Å². The molecule has 0 aliphatic rings. The van der Waals surface area contributed by atoms with Crippen LogP contribution in [0.25, 0.3) is 10.6 Å². The molecule has 0 saturated carbocycles. The summed E-state index contributed by atoms with van der Waals surface area (Å²) in [7, 11) is 0. The van der Waals surface area contributed by atoms with Crippen molar-refractivity contribution in [3.63, 3.8) is 0 Å². The van der Waals surface area contributed by atoms with Crippen molar-refractivity contribution in [2.45, 2.75) is 214 Å². The number of rotatable bonds is 32. The second-order valence-corrected chi connectivity index (χ2v) is 12.2. The topological polar surface area (TPSA) is 48.4 Å². The van der Waals surface area contributed by atoms with Crippen molar-refractivity contribution in [3.05, 3.63) is 10.6 Å². The molecule has 0 spiro atoms. The molecule has 262 valence electrons. The van der Waals surface area contributed by atoms with Gasteiger partial charge in [0, 0.05) is 6.61 Å². The molecule has 0 saturated heterocycles.